The summed E-state index contributed by atoms with van der Waals surface area (Å²) < 4.78 is 11.1. The van der Waals surface area contributed by atoms with E-state index in [1.807, 2.05) is 6.26 Å². The van der Waals surface area contributed by atoms with Crippen molar-refractivity contribution in [2.24, 2.45) is 5.92 Å². The number of hydrogen-bond acceptors (Lipinski definition) is 3. The zero-order chi connectivity index (χ0) is 9.80. The highest BCUT2D eigenvalue weighted by Crippen LogP contribution is 2.25. The van der Waals surface area contributed by atoms with Gasteiger partial charge in [0.1, 0.15) is 0 Å². The van der Waals surface area contributed by atoms with Gasteiger partial charge in [0.15, 0.2) is 6.23 Å². The van der Waals surface area contributed by atoms with Gasteiger partial charge in [-0.25, -0.2) is 0 Å². The maximum atomic E-state index is 5.71. The van der Waals surface area contributed by atoms with Crippen LogP contribution in [0.15, 0.2) is 12.3 Å². The van der Waals surface area contributed by atoms with Gasteiger partial charge in [-0.3, -0.25) is 4.90 Å². The van der Waals surface area contributed by atoms with Crippen molar-refractivity contribution >= 4 is 0 Å². The van der Waals surface area contributed by atoms with Crippen LogP contribution in [0.3, 0.4) is 0 Å². The predicted molar refractivity (Wildman–Crippen MR) is 54.8 cm³/mol. The fourth-order valence-corrected chi connectivity index (χ4v) is 2.18. The van der Waals surface area contributed by atoms with E-state index in [9.17, 15) is 0 Å². The number of ether oxygens (including phenoxy) is 2. The molecule has 0 aromatic heterocycles. The molecule has 2 atom stereocenters. The van der Waals surface area contributed by atoms with Crippen LogP contribution in [-0.4, -0.2) is 37.4 Å². The molecule has 0 saturated carbocycles. The van der Waals surface area contributed by atoms with E-state index in [0.29, 0.717) is 5.92 Å². The van der Waals surface area contributed by atoms with Crippen LogP contribution in [0.5, 0.6) is 0 Å². The van der Waals surface area contributed by atoms with Crippen molar-refractivity contribution in [1.29, 1.82) is 0 Å². The van der Waals surface area contributed by atoms with E-state index in [1.165, 1.54) is 6.42 Å². The smallest absolute Gasteiger partial charge is 0.155 e. The van der Waals surface area contributed by atoms with Crippen LogP contribution in [0.2, 0.25) is 0 Å². The molecule has 1 fully saturated rings. The molecule has 0 spiro atoms. The van der Waals surface area contributed by atoms with Gasteiger partial charge < -0.3 is 9.47 Å². The van der Waals surface area contributed by atoms with Gasteiger partial charge in [0.25, 0.3) is 0 Å². The molecule has 3 nitrogen and oxygen atoms in total. The number of nitrogens with zero attached hydrogens (tertiary/aromatic N) is 1. The molecular formula is C11H19NO2. The first kappa shape index (κ1) is 9.99. The summed E-state index contributed by atoms with van der Waals surface area (Å²) in [4.78, 5) is 2.40. The first-order valence-electron chi connectivity index (χ1n) is 5.54. The number of hydrogen-bond donors (Lipinski definition) is 0. The highest BCUT2D eigenvalue weighted by Gasteiger charge is 2.29. The van der Waals surface area contributed by atoms with E-state index in [0.717, 1.165) is 32.7 Å². The summed E-state index contributed by atoms with van der Waals surface area (Å²) in [7, 11) is 0. The lowest BCUT2D eigenvalue weighted by Gasteiger charge is -2.39. The Labute approximate surface area is 85.7 Å². The average Bonchev–Trinajstić information content (AvgIpc) is 2.30. The van der Waals surface area contributed by atoms with Crippen molar-refractivity contribution < 1.29 is 9.47 Å². The van der Waals surface area contributed by atoms with Crippen LogP contribution in [0.25, 0.3) is 0 Å². The fraction of sp³-hybridized carbons (Fsp3) is 0.818. The summed E-state index contributed by atoms with van der Waals surface area (Å²) in [5.74, 6) is 0.651. The molecule has 1 saturated heterocycles. The van der Waals surface area contributed by atoms with Crippen LogP contribution in [-0.2, 0) is 9.47 Å². The maximum absolute atomic E-state index is 5.71. The third kappa shape index (κ3) is 2.10. The minimum absolute atomic E-state index is 0.286. The van der Waals surface area contributed by atoms with Crippen LogP contribution in [0, 0.1) is 5.92 Å². The van der Waals surface area contributed by atoms with Crippen molar-refractivity contribution in [3.05, 3.63) is 12.3 Å². The quantitative estimate of drug-likeness (QED) is 0.671. The minimum Gasteiger partial charge on any atom is -0.483 e. The average molecular weight is 197 g/mol. The van der Waals surface area contributed by atoms with Crippen LogP contribution in [0.4, 0.5) is 0 Å². The Balaban J connectivity index is 1.96. The second-order valence-corrected chi connectivity index (χ2v) is 3.95. The normalized spacial score (nSPS) is 34.1. The molecule has 0 aromatic rings. The zero-order valence-electron chi connectivity index (χ0n) is 8.82. The topological polar surface area (TPSA) is 21.7 Å². The molecule has 0 bridgehead atoms. The Hall–Kier alpha value is -0.540. The monoisotopic (exact) mass is 197 g/mol. The van der Waals surface area contributed by atoms with Crippen LogP contribution >= 0.6 is 0 Å². The van der Waals surface area contributed by atoms with Crippen molar-refractivity contribution in [2.45, 2.75) is 26.0 Å². The van der Waals surface area contributed by atoms with Crippen molar-refractivity contribution in [3.8, 4) is 0 Å². The molecule has 3 heteroatoms. The number of rotatable bonds is 2. The Morgan fingerprint density at radius 1 is 1.36 bits per heavy atom. The molecule has 2 rings (SSSR count). The molecule has 0 aliphatic carbocycles. The highest BCUT2D eigenvalue weighted by atomic mass is 16.5. The van der Waals surface area contributed by atoms with Gasteiger partial charge in [-0.2, -0.15) is 0 Å². The number of allylic oxidation sites excluding steroid dienone is 1. The summed E-state index contributed by atoms with van der Waals surface area (Å²) in [6, 6.07) is 0. The van der Waals surface area contributed by atoms with Crippen LogP contribution in [0.1, 0.15) is 19.8 Å². The van der Waals surface area contributed by atoms with Gasteiger partial charge >= 0.3 is 0 Å². The van der Waals surface area contributed by atoms with Crippen molar-refractivity contribution in [1.82, 2.24) is 4.90 Å². The van der Waals surface area contributed by atoms with E-state index in [-0.39, 0.29) is 6.23 Å². The lowest BCUT2D eigenvalue weighted by Crippen LogP contribution is -2.48. The Morgan fingerprint density at radius 3 is 2.86 bits per heavy atom. The van der Waals surface area contributed by atoms with Gasteiger partial charge in [0, 0.05) is 19.0 Å². The summed E-state index contributed by atoms with van der Waals surface area (Å²) in [6.07, 6.45) is 6.61. The zero-order valence-corrected chi connectivity index (χ0v) is 8.82. The van der Waals surface area contributed by atoms with Crippen molar-refractivity contribution in [2.75, 3.05) is 26.3 Å². The number of morpholine rings is 1. The van der Waals surface area contributed by atoms with Crippen molar-refractivity contribution in [3.63, 3.8) is 0 Å². The fourth-order valence-electron chi connectivity index (χ4n) is 2.18. The molecule has 2 aliphatic rings. The molecule has 0 aromatic carbocycles. The second kappa shape index (κ2) is 4.80. The Morgan fingerprint density at radius 2 is 2.14 bits per heavy atom. The van der Waals surface area contributed by atoms with Gasteiger partial charge in [-0.15, -0.1) is 0 Å². The Bertz CT molecular complexity index is 199. The molecule has 80 valence electrons. The largest absolute Gasteiger partial charge is 0.483 e. The summed E-state index contributed by atoms with van der Waals surface area (Å²) in [5.41, 5.74) is 0. The van der Waals surface area contributed by atoms with E-state index >= 15 is 0 Å². The molecule has 2 heterocycles. The standard InChI is InChI=1S/C11H19NO2/c1-2-10-4-3-7-14-11(10)12-5-8-13-9-6-12/h3,7,10-11H,2,4-6,8-9H2,1H3. The second-order valence-electron chi connectivity index (χ2n) is 3.95. The van der Waals surface area contributed by atoms with Gasteiger partial charge in [-0.05, 0) is 18.9 Å². The van der Waals surface area contributed by atoms with Gasteiger partial charge in [0.2, 0.25) is 0 Å². The maximum Gasteiger partial charge on any atom is 0.155 e. The molecule has 0 radical (unpaired) electrons. The van der Waals surface area contributed by atoms with E-state index in [4.69, 9.17) is 9.47 Å². The summed E-state index contributed by atoms with van der Waals surface area (Å²) >= 11 is 0. The molecule has 0 N–H and O–H groups in total. The van der Waals surface area contributed by atoms with E-state index in [2.05, 4.69) is 17.9 Å². The lowest BCUT2D eigenvalue weighted by molar-refractivity contribution is -0.0976. The highest BCUT2D eigenvalue weighted by molar-refractivity contribution is 4.88. The third-order valence-corrected chi connectivity index (χ3v) is 3.09. The SMILES string of the molecule is CCC1CC=COC1N1CCOCC1. The molecular weight excluding hydrogens is 178 g/mol. The van der Waals surface area contributed by atoms with Gasteiger partial charge in [-0.1, -0.05) is 6.92 Å². The van der Waals surface area contributed by atoms with E-state index < -0.39 is 0 Å². The molecule has 2 aliphatic heterocycles. The van der Waals surface area contributed by atoms with Gasteiger partial charge in [0.05, 0.1) is 19.5 Å². The third-order valence-electron chi connectivity index (χ3n) is 3.09. The summed E-state index contributed by atoms with van der Waals surface area (Å²) in [5, 5.41) is 0. The first-order chi connectivity index (χ1) is 6.92. The summed E-state index contributed by atoms with van der Waals surface area (Å²) in [6.45, 7) is 5.95. The minimum atomic E-state index is 0.286. The lowest BCUT2D eigenvalue weighted by atomic mass is 9.98. The van der Waals surface area contributed by atoms with E-state index in [1.54, 1.807) is 0 Å². The predicted octanol–water partition coefficient (Wildman–Crippen LogP) is 1.60. The Kier molecular flexibility index (Phi) is 3.43. The molecule has 0 amide bonds. The molecule has 2 unspecified atom stereocenters. The first-order valence-corrected chi connectivity index (χ1v) is 5.54. The molecule has 14 heavy (non-hydrogen) atoms. The van der Waals surface area contributed by atoms with Crippen LogP contribution < -0.4 is 0 Å².